The van der Waals surface area contributed by atoms with Gasteiger partial charge in [0.2, 0.25) is 0 Å². The van der Waals surface area contributed by atoms with Crippen molar-refractivity contribution in [2.24, 2.45) is 0 Å². The maximum atomic E-state index is 12.7. The minimum absolute atomic E-state index is 0.233. The van der Waals surface area contributed by atoms with Crippen molar-refractivity contribution in [3.8, 4) is 0 Å². The zero-order valence-electron chi connectivity index (χ0n) is 16.1. The van der Waals surface area contributed by atoms with Crippen molar-refractivity contribution in [2.75, 3.05) is 17.7 Å². The molecule has 0 fully saturated rings. The number of aromatic nitrogens is 2. The molecular weight excluding hydrogens is 380 g/mol. The summed E-state index contributed by atoms with van der Waals surface area (Å²) in [5, 5.41) is 7.06. The number of methoxy groups -OCH3 is 1. The Kier molecular flexibility index (Phi) is 5.34. The highest BCUT2D eigenvalue weighted by molar-refractivity contribution is 6.04. The molecule has 7 nitrogen and oxygen atoms in total. The Morgan fingerprint density at radius 3 is 2.57 bits per heavy atom. The number of nitrogens with one attached hydrogen (secondary N) is 2. The van der Waals surface area contributed by atoms with Gasteiger partial charge in [0.25, 0.3) is 5.91 Å². The third-order valence-electron chi connectivity index (χ3n) is 4.45. The Morgan fingerprint density at radius 1 is 0.867 bits per heavy atom. The quantitative estimate of drug-likeness (QED) is 0.484. The maximum absolute atomic E-state index is 12.7. The molecule has 1 amide bonds. The molecule has 0 radical (unpaired) electrons. The first-order valence-electron chi connectivity index (χ1n) is 9.20. The fourth-order valence-electron chi connectivity index (χ4n) is 3.03. The van der Waals surface area contributed by atoms with Crippen LogP contribution < -0.4 is 10.6 Å². The highest BCUT2D eigenvalue weighted by atomic mass is 16.5. The lowest BCUT2D eigenvalue weighted by molar-refractivity contribution is 0.0600. The molecule has 0 aliphatic heterocycles. The molecule has 0 saturated carbocycles. The van der Waals surface area contributed by atoms with Crippen LogP contribution in [-0.4, -0.2) is 29.0 Å². The van der Waals surface area contributed by atoms with Crippen LogP contribution in [0.4, 0.5) is 17.1 Å². The first-order chi connectivity index (χ1) is 14.6. The number of anilines is 3. The summed E-state index contributed by atoms with van der Waals surface area (Å²) >= 11 is 0. The predicted molar refractivity (Wildman–Crippen MR) is 115 cm³/mol. The summed E-state index contributed by atoms with van der Waals surface area (Å²) in [6.45, 7) is 0. The van der Waals surface area contributed by atoms with Gasteiger partial charge in [-0.25, -0.2) is 4.79 Å². The van der Waals surface area contributed by atoms with Crippen LogP contribution in [0.1, 0.15) is 20.8 Å². The van der Waals surface area contributed by atoms with E-state index in [-0.39, 0.29) is 5.69 Å². The van der Waals surface area contributed by atoms with Gasteiger partial charge < -0.3 is 15.4 Å². The van der Waals surface area contributed by atoms with Crippen molar-refractivity contribution in [3.05, 3.63) is 90.4 Å². The fraction of sp³-hybridized carbons (Fsp3) is 0.0435. The molecule has 0 unspecified atom stereocenters. The van der Waals surface area contributed by atoms with Gasteiger partial charge in [-0.3, -0.25) is 14.8 Å². The van der Waals surface area contributed by atoms with Crippen molar-refractivity contribution in [3.63, 3.8) is 0 Å². The third kappa shape index (κ3) is 4.10. The SMILES string of the molecule is COC(=O)c1cccc(NC(=O)c2cc(Nc3cccc4cccnc34)ccn2)c1. The van der Waals surface area contributed by atoms with E-state index >= 15 is 0 Å². The predicted octanol–water partition coefficient (Wildman–Crippen LogP) is 4.41. The minimum atomic E-state index is -0.473. The summed E-state index contributed by atoms with van der Waals surface area (Å²) in [7, 11) is 1.31. The maximum Gasteiger partial charge on any atom is 0.337 e. The van der Waals surface area contributed by atoms with Gasteiger partial charge in [0.1, 0.15) is 5.69 Å². The Labute approximate surface area is 172 Å². The molecule has 2 heterocycles. The number of esters is 1. The van der Waals surface area contributed by atoms with E-state index in [2.05, 4.69) is 20.6 Å². The standard InChI is InChI=1S/C23H18N4O3/c1-30-23(29)16-6-2-8-17(13-16)27-22(28)20-14-18(10-12-24-20)26-19-9-3-5-15-7-4-11-25-21(15)19/h2-14H,1H3,(H,24,26)(H,27,28). The van der Waals surface area contributed by atoms with Crippen molar-refractivity contribution in [1.82, 2.24) is 9.97 Å². The Bertz CT molecular complexity index is 1230. The fourth-order valence-corrected chi connectivity index (χ4v) is 3.03. The van der Waals surface area contributed by atoms with Crippen molar-refractivity contribution < 1.29 is 14.3 Å². The average molecular weight is 398 g/mol. The lowest BCUT2D eigenvalue weighted by atomic mass is 10.2. The number of hydrogen-bond acceptors (Lipinski definition) is 6. The van der Waals surface area contributed by atoms with Gasteiger partial charge in [-0.05, 0) is 42.5 Å². The molecule has 2 aromatic carbocycles. The Hall–Kier alpha value is -4.26. The van der Waals surface area contributed by atoms with E-state index in [1.54, 1.807) is 48.8 Å². The third-order valence-corrected chi connectivity index (χ3v) is 4.45. The number of amides is 1. The molecule has 4 rings (SSSR count). The number of carbonyl (C=O) groups excluding carboxylic acids is 2. The van der Waals surface area contributed by atoms with E-state index in [0.717, 1.165) is 16.6 Å². The molecule has 0 bridgehead atoms. The normalized spacial score (nSPS) is 10.4. The van der Waals surface area contributed by atoms with Crippen LogP contribution in [0.5, 0.6) is 0 Å². The molecule has 0 saturated heterocycles. The van der Waals surface area contributed by atoms with Gasteiger partial charge in [-0.1, -0.05) is 24.3 Å². The number of benzene rings is 2. The van der Waals surface area contributed by atoms with Crippen LogP contribution >= 0.6 is 0 Å². The molecule has 2 aromatic heterocycles. The molecular formula is C23H18N4O3. The number of para-hydroxylation sites is 1. The van der Waals surface area contributed by atoms with Gasteiger partial charge in [0, 0.05) is 29.2 Å². The number of pyridine rings is 2. The molecule has 30 heavy (non-hydrogen) atoms. The zero-order chi connectivity index (χ0) is 20.9. The molecule has 2 N–H and O–H groups in total. The van der Waals surface area contributed by atoms with Gasteiger partial charge >= 0.3 is 5.97 Å². The first kappa shape index (κ1) is 19.1. The molecule has 0 spiro atoms. The molecule has 7 heteroatoms. The second-order valence-corrected chi connectivity index (χ2v) is 6.46. The zero-order valence-corrected chi connectivity index (χ0v) is 16.1. The number of nitrogens with zero attached hydrogens (tertiary/aromatic N) is 2. The number of ether oxygens (including phenoxy) is 1. The summed E-state index contributed by atoms with van der Waals surface area (Å²) in [6.07, 6.45) is 3.29. The van der Waals surface area contributed by atoms with E-state index < -0.39 is 11.9 Å². The summed E-state index contributed by atoms with van der Waals surface area (Å²) in [5.74, 6) is -0.865. The van der Waals surface area contributed by atoms with Crippen LogP contribution in [0.15, 0.2) is 79.1 Å². The highest BCUT2D eigenvalue weighted by Gasteiger charge is 2.11. The van der Waals surface area contributed by atoms with Crippen molar-refractivity contribution in [2.45, 2.75) is 0 Å². The van der Waals surface area contributed by atoms with Gasteiger partial charge in [0.05, 0.1) is 23.9 Å². The lowest BCUT2D eigenvalue weighted by Crippen LogP contribution is -2.14. The van der Waals surface area contributed by atoms with Gasteiger partial charge in [0.15, 0.2) is 0 Å². The minimum Gasteiger partial charge on any atom is -0.465 e. The summed E-state index contributed by atoms with van der Waals surface area (Å²) in [5.41, 5.74) is 3.43. The Balaban J connectivity index is 1.54. The van der Waals surface area contributed by atoms with Crippen LogP contribution in [0, 0.1) is 0 Å². The van der Waals surface area contributed by atoms with E-state index in [0.29, 0.717) is 16.9 Å². The summed E-state index contributed by atoms with van der Waals surface area (Å²) in [6, 6.07) is 19.7. The first-order valence-corrected chi connectivity index (χ1v) is 9.20. The average Bonchev–Trinajstić information content (AvgIpc) is 2.79. The van der Waals surface area contributed by atoms with Gasteiger partial charge in [-0.15, -0.1) is 0 Å². The number of carbonyl (C=O) groups is 2. The summed E-state index contributed by atoms with van der Waals surface area (Å²) in [4.78, 5) is 32.9. The van der Waals surface area contributed by atoms with E-state index in [4.69, 9.17) is 4.74 Å². The van der Waals surface area contributed by atoms with Crippen LogP contribution in [0.3, 0.4) is 0 Å². The smallest absolute Gasteiger partial charge is 0.337 e. The molecule has 4 aromatic rings. The van der Waals surface area contributed by atoms with Crippen LogP contribution in [0.25, 0.3) is 10.9 Å². The Morgan fingerprint density at radius 2 is 1.70 bits per heavy atom. The monoisotopic (exact) mass is 398 g/mol. The second kappa shape index (κ2) is 8.40. The number of fused-ring (bicyclic) bond motifs is 1. The number of rotatable bonds is 5. The highest BCUT2D eigenvalue weighted by Crippen LogP contribution is 2.24. The largest absolute Gasteiger partial charge is 0.465 e. The summed E-state index contributed by atoms with van der Waals surface area (Å²) < 4.78 is 4.71. The molecule has 0 atom stereocenters. The lowest BCUT2D eigenvalue weighted by Gasteiger charge is -2.10. The van der Waals surface area contributed by atoms with Crippen LogP contribution in [0.2, 0.25) is 0 Å². The second-order valence-electron chi connectivity index (χ2n) is 6.46. The van der Waals surface area contributed by atoms with Crippen molar-refractivity contribution in [1.29, 1.82) is 0 Å². The van der Waals surface area contributed by atoms with Crippen LogP contribution in [-0.2, 0) is 4.74 Å². The topological polar surface area (TPSA) is 93.2 Å². The molecule has 148 valence electrons. The van der Waals surface area contributed by atoms with E-state index in [9.17, 15) is 9.59 Å². The molecule has 0 aliphatic carbocycles. The molecule has 0 aliphatic rings. The van der Waals surface area contributed by atoms with E-state index in [1.165, 1.54) is 7.11 Å². The van der Waals surface area contributed by atoms with Gasteiger partial charge in [-0.2, -0.15) is 0 Å². The van der Waals surface area contributed by atoms with Crippen molar-refractivity contribution >= 4 is 39.8 Å². The number of hydrogen-bond donors (Lipinski definition) is 2. The van der Waals surface area contributed by atoms with E-state index in [1.807, 2.05) is 30.3 Å².